The van der Waals surface area contributed by atoms with Crippen LogP contribution in [0.5, 0.6) is 0 Å². The van der Waals surface area contributed by atoms with E-state index < -0.39 is 34.8 Å². The monoisotopic (exact) mass is 485 g/mol. The first-order valence-corrected chi connectivity index (χ1v) is 10.3. The maximum absolute atomic E-state index is 14.1. The summed E-state index contributed by atoms with van der Waals surface area (Å²) in [7, 11) is 1.62. The van der Waals surface area contributed by atoms with Crippen LogP contribution in [0.25, 0.3) is 27.8 Å². The maximum Gasteiger partial charge on any atom is 0.417 e. The first-order chi connectivity index (χ1) is 16.5. The van der Waals surface area contributed by atoms with E-state index in [9.17, 15) is 26.7 Å². The second kappa shape index (κ2) is 7.62. The third-order valence-electron chi connectivity index (χ3n) is 5.96. The number of halogens is 5. The number of imidazole rings is 1. The Labute approximate surface area is 194 Å². The largest absolute Gasteiger partial charge is 0.417 e. The minimum atomic E-state index is -4.69. The third kappa shape index (κ3) is 3.50. The van der Waals surface area contributed by atoms with Crippen molar-refractivity contribution >= 4 is 28.0 Å². The molecule has 0 atom stereocenters. The van der Waals surface area contributed by atoms with E-state index in [4.69, 9.17) is 5.73 Å². The van der Waals surface area contributed by atoms with Gasteiger partial charge in [0.1, 0.15) is 23.1 Å². The fraction of sp³-hybridized carbons (Fsp3) is 0.125. The molecule has 178 valence electrons. The molecular weight excluding hydrogens is 469 g/mol. The molecule has 2 N–H and O–H groups in total. The first-order valence-electron chi connectivity index (χ1n) is 10.3. The van der Waals surface area contributed by atoms with Gasteiger partial charge in [0, 0.05) is 30.6 Å². The Morgan fingerprint density at radius 2 is 1.71 bits per heavy atom. The van der Waals surface area contributed by atoms with Gasteiger partial charge in [-0.05, 0) is 43.3 Å². The summed E-state index contributed by atoms with van der Waals surface area (Å²) >= 11 is 0. The fourth-order valence-electron chi connectivity index (χ4n) is 4.09. The Kier molecular flexibility index (Phi) is 4.90. The van der Waals surface area contributed by atoms with E-state index >= 15 is 0 Å². The van der Waals surface area contributed by atoms with Gasteiger partial charge in [0.25, 0.3) is 0 Å². The van der Waals surface area contributed by atoms with E-state index in [-0.39, 0.29) is 28.0 Å². The highest BCUT2D eigenvalue weighted by molar-refractivity contribution is 6.09. The molecule has 35 heavy (non-hydrogen) atoms. The molecule has 0 aliphatic carbocycles. The lowest BCUT2D eigenvalue weighted by Gasteiger charge is -2.14. The van der Waals surface area contributed by atoms with Crippen LogP contribution in [0, 0.1) is 18.6 Å². The van der Waals surface area contributed by atoms with Crippen molar-refractivity contribution in [1.29, 1.82) is 0 Å². The zero-order valence-electron chi connectivity index (χ0n) is 18.3. The standard InChI is InChI=1S/C24H16F5N5O/c1-11-32-17-9-13(14(24(27,28)29)10-20(17)33(11)2)22-18-3-4-19(34(18)6-5-31-22)23(35)12-7-15(25)21(30)16(26)8-12/h3-10H,30H2,1-2H3. The number of rotatable bonds is 3. The van der Waals surface area contributed by atoms with Crippen LogP contribution in [0.15, 0.2) is 48.8 Å². The molecule has 0 bridgehead atoms. The first kappa shape index (κ1) is 22.5. The Morgan fingerprint density at radius 3 is 2.37 bits per heavy atom. The molecule has 0 radical (unpaired) electrons. The van der Waals surface area contributed by atoms with Crippen LogP contribution in [0.2, 0.25) is 0 Å². The highest BCUT2D eigenvalue weighted by Gasteiger charge is 2.35. The van der Waals surface area contributed by atoms with Crippen molar-refractivity contribution in [2.24, 2.45) is 7.05 Å². The Bertz CT molecular complexity index is 1640. The summed E-state index contributed by atoms with van der Waals surface area (Å²) in [5.74, 6) is -2.39. The SMILES string of the molecule is Cc1nc2cc(-c3nccn4c(C(=O)c5cc(F)c(N)c(F)c5)ccc34)c(C(F)(F)F)cc2n1C. The minimum Gasteiger partial charge on any atom is -0.394 e. The summed E-state index contributed by atoms with van der Waals surface area (Å²) in [4.78, 5) is 21.5. The van der Waals surface area contributed by atoms with Gasteiger partial charge in [0.2, 0.25) is 5.78 Å². The highest BCUT2D eigenvalue weighted by Crippen LogP contribution is 2.40. The number of fused-ring (bicyclic) bond motifs is 2. The van der Waals surface area contributed by atoms with Crippen molar-refractivity contribution in [1.82, 2.24) is 18.9 Å². The van der Waals surface area contributed by atoms with Crippen LogP contribution < -0.4 is 5.73 Å². The van der Waals surface area contributed by atoms with Gasteiger partial charge in [-0.25, -0.2) is 13.8 Å². The van der Waals surface area contributed by atoms with E-state index in [0.717, 1.165) is 18.2 Å². The van der Waals surface area contributed by atoms with Crippen molar-refractivity contribution in [3.8, 4) is 11.3 Å². The summed E-state index contributed by atoms with van der Waals surface area (Å²) in [6.45, 7) is 1.68. The predicted octanol–water partition coefficient (Wildman–Crippen LogP) is 5.31. The molecule has 3 heterocycles. The zero-order chi connectivity index (χ0) is 25.2. The van der Waals surface area contributed by atoms with Crippen LogP contribution in [0.4, 0.5) is 27.6 Å². The number of benzene rings is 2. The summed E-state index contributed by atoms with van der Waals surface area (Å²) in [5, 5.41) is 0. The number of nitrogen functional groups attached to an aromatic ring is 1. The van der Waals surface area contributed by atoms with Crippen molar-refractivity contribution in [2.75, 3.05) is 5.73 Å². The number of carbonyl (C=O) groups excluding carboxylic acids is 1. The predicted molar refractivity (Wildman–Crippen MR) is 119 cm³/mol. The molecular formula is C24H16F5N5O. The molecule has 11 heteroatoms. The van der Waals surface area contributed by atoms with Gasteiger partial charge < -0.3 is 14.7 Å². The summed E-state index contributed by atoms with van der Waals surface area (Å²) in [6, 6.07) is 6.72. The summed E-state index contributed by atoms with van der Waals surface area (Å²) in [6.07, 6.45) is -2.06. The number of aromatic nitrogens is 4. The fourth-order valence-corrected chi connectivity index (χ4v) is 4.09. The van der Waals surface area contributed by atoms with Gasteiger partial charge in [-0.3, -0.25) is 9.78 Å². The van der Waals surface area contributed by atoms with E-state index in [1.54, 1.807) is 18.5 Å². The number of nitrogens with zero attached hydrogens (tertiary/aromatic N) is 4. The van der Waals surface area contributed by atoms with E-state index in [2.05, 4.69) is 9.97 Å². The topological polar surface area (TPSA) is 78.2 Å². The van der Waals surface area contributed by atoms with Crippen LogP contribution in [0.3, 0.4) is 0 Å². The molecule has 0 unspecified atom stereocenters. The molecule has 0 amide bonds. The van der Waals surface area contributed by atoms with Gasteiger partial charge >= 0.3 is 6.18 Å². The minimum absolute atomic E-state index is 0.0180. The third-order valence-corrected chi connectivity index (χ3v) is 5.96. The second-order valence-corrected chi connectivity index (χ2v) is 8.03. The second-order valence-electron chi connectivity index (χ2n) is 8.03. The van der Waals surface area contributed by atoms with E-state index in [0.29, 0.717) is 16.9 Å². The lowest BCUT2D eigenvalue weighted by molar-refractivity contribution is -0.137. The smallest absolute Gasteiger partial charge is 0.394 e. The van der Waals surface area contributed by atoms with Crippen molar-refractivity contribution in [3.63, 3.8) is 0 Å². The average molecular weight is 485 g/mol. The lowest BCUT2D eigenvalue weighted by atomic mass is 10.0. The number of hydrogen-bond donors (Lipinski definition) is 1. The van der Waals surface area contributed by atoms with Gasteiger partial charge in [0.05, 0.1) is 33.5 Å². The molecule has 5 rings (SSSR count). The molecule has 0 aliphatic rings. The number of nitrogens with two attached hydrogens (primary N) is 1. The normalized spacial score (nSPS) is 12.1. The van der Waals surface area contributed by atoms with Crippen molar-refractivity contribution < 1.29 is 26.7 Å². The van der Waals surface area contributed by atoms with Crippen molar-refractivity contribution in [3.05, 3.63) is 83.1 Å². The van der Waals surface area contributed by atoms with Crippen molar-refractivity contribution in [2.45, 2.75) is 13.1 Å². The summed E-state index contributed by atoms with van der Waals surface area (Å²) < 4.78 is 72.9. The van der Waals surface area contributed by atoms with Crippen LogP contribution >= 0.6 is 0 Å². The highest BCUT2D eigenvalue weighted by atomic mass is 19.4. The van der Waals surface area contributed by atoms with E-state index in [1.807, 2.05) is 0 Å². The lowest BCUT2D eigenvalue weighted by Crippen LogP contribution is -2.10. The molecule has 5 aromatic rings. The number of carbonyl (C=O) groups is 1. The Balaban J connectivity index is 1.72. The van der Waals surface area contributed by atoms with Crippen LogP contribution in [-0.2, 0) is 13.2 Å². The molecule has 3 aromatic heterocycles. The van der Waals surface area contributed by atoms with Gasteiger partial charge in [-0.15, -0.1) is 0 Å². The van der Waals surface area contributed by atoms with Crippen LogP contribution in [0.1, 0.15) is 27.4 Å². The molecule has 0 saturated heterocycles. The Morgan fingerprint density at radius 1 is 1.03 bits per heavy atom. The van der Waals surface area contributed by atoms with Gasteiger partial charge in [-0.2, -0.15) is 13.2 Å². The van der Waals surface area contributed by atoms with E-state index in [1.165, 1.54) is 35.0 Å². The number of hydrogen-bond acceptors (Lipinski definition) is 4. The zero-order valence-corrected chi connectivity index (χ0v) is 18.3. The van der Waals surface area contributed by atoms with Gasteiger partial charge in [0.15, 0.2) is 0 Å². The number of aryl methyl sites for hydroxylation is 2. The average Bonchev–Trinajstić information content (AvgIpc) is 3.35. The molecule has 2 aromatic carbocycles. The number of alkyl halides is 3. The number of ketones is 1. The molecule has 0 aliphatic heterocycles. The summed E-state index contributed by atoms with van der Waals surface area (Å²) in [5.41, 5.74) is 3.95. The maximum atomic E-state index is 14.1. The van der Waals surface area contributed by atoms with Crippen LogP contribution in [-0.4, -0.2) is 24.7 Å². The number of anilines is 1. The molecule has 6 nitrogen and oxygen atoms in total. The molecule has 0 spiro atoms. The Hall–Kier alpha value is -4.28. The molecule has 0 fully saturated rings. The van der Waals surface area contributed by atoms with Gasteiger partial charge in [-0.1, -0.05) is 0 Å². The quantitative estimate of drug-likeness (QED) is 0.214. The molecule has 0 saturated carbocycles.